The molecular formula is C27H26N8O2. The monoisotopic (exact) mass is 494 g/mol. The van der Waals surface area contributed by atoms with Gasteiger partial charge in [0.15, 0.2) is 0 Å². The molecule has 3 heterocycles. The molecule has 1 aliphatic heterocycles. The molecule has 0 aliphatic carbocycles. The van der Waals surface area contributed by atoms with Crippen LogP contribution in [0.15, 0.2) is 78.4 Å². The second-order valence-electron chi connectivity index (χ2n) is 8.66. The van der Waals surface area contributed by atoms with E-state index in [0.717, 1.165) is 66.3 Å². The second kappa shape index (κ2) is 11.5. The fourth-order valence-corrected chi connectivity index (χ4v) is 4.30. The molecule has 1 N–H and O–H groups in total. The lowest BCUT2D eigenvalue weighted by Gasteiger charge is -2.26. The molecule has 1 aliphatic rings. The van der Waals surface area contributed by atoms with Crippen molar-refractivity contribution in [3.8, 4) is 11.1 Å². The summed E-state index contributed by atoms with van der Waals surface area (Å²) in [6.45, 7) is 4.46. The number of carbonyl (C=O) groups is 1. The van der Waals surface area contributed by atoms with Crippen molar-refractivity contribution >= 4 is 28.7 Å². The summed E-state index contributed by atoms with van der Waals surface area (Å²) in [7, 11) is 0. The summed E-state index contributed by atoms with van der Waals surface area (Å²) >= 11 is 0. The van der Waals surface area contributed by atoms with Crippen LogP contribution >= 0.6 is 0 Å². The van der Waals surface area contributed by atoms with Gasteiger partial charge in [-0.2, -0.15) is 0 Å². The fourth-order valence-electron chi connectivity index (χ4n) is 4.30. The average Bonchev–Trinajstić information content (AvgIpc) is 3.35. The standard InChI is InChI=1S/C27H26N8O2/c28-33-31-19-35-18-30-25-7-3-21(15-26(25)35)24-9-10-29-16-22(24)4-8-27(36)32-23-5-1-20(2-6-23)17-34-11-13-37-14-12-34/h1-10,15-16,18H,11-14,17,19H2,(H,32,36)/b8-4+. The molecule has 10 nitrogen and oxygen atoms in total. The molecule has 1 amide bonds. The molecule has 0 spiro atoms. The van der Waals surface area contributed by atoms with Crippen molar-refractivity contribution in [2.75, 3.05) is 31.6 Å². The molecule has 0 atom stereocenters. The Bertz CT molecular complexity index is 1470. The topological polar surface area (TPSA) is 121 Å². The Morgan fingerprint density at radius 3 is 2.81 bits per heavy atom. The lowest BCUT2D eigenvalue weighted by atomic mass is 10.0. The van der Waals surface area contributed by atoms with Crippen molar-refractivity contribution in [1.82, 2.24) is 19.4 Å². The first-order chi connectivity index (χ1) is 18.2. The van der Waals surface area contributed by atoms with Crippen molar-refractivity contribution in [1.29, 1.82) is 0 Å². The number of aromatic nitrogens is 3. The summed E-state index contributed by atoms with van der Waals surface area (Å²) in [6.07, 6.45) is 8.35. The first kappa shape index (κ1) is 24.2. The zero-order valence-corrected chi connectivity index (χ0v) is 20.2. The highest BCUT2D eigenvalue weighted by molar-refractivity contribution is 6.02. The maximum Gasteiger partial charge on any atom is 0.248 e. The SMILES string of the molecule is [N-]=[N+]=NCn1cnc2ccc(-c3ccncc3/C=C/C(=O)Nc3ccc(CN4CCOCC4)cc3)cc21. The molecule has 0 unspecified atom stereocenters. The number of morpholine rings is 1. The molecule has 0 radical (unpaired) electrons. The Kier molecular flexibility index (Phi) is 7.52. The van der Waals surface area contributed by atoms with E-state index in [2.05, 4.69) is 30.2 Å². The summed E-state index contributed by atoms with van der Waals surface area (Å²) in [6, 6.07) is 15.7. The van der Waals surface area contributed by atoms with E-state index in [1.165, 1.54) is 11.6 Å². The minimum atomic E-state index is -0.223. The molecule has 1 fully saturated rings. The Morgan fingerprint density at radius 2 is 2.00 bits per heavy atom. The van der Waals surface area contributed by atoms with Gasteiger partial charge in [0.05, 0.1) is 30.6 Å². The number of hydrogen-bond acceptors (Lipinski definition) is 6. The van der Waals surface area contributed by atoms with Crippen molar-refractivity contribution in [2.24, 2.45) is 5.11 Å². The molecule has 0 saturated carbocycles. The molecule has 5 rings (SSSR count). The van der Waals surface area contributed by atoms with Crippen molar-refractivity contribution in [3.63, 3.8) is 0 Å². The fraction of sp³-hybridized carbons (Fsp3) is 0.222. The van der Waals surface area contributed by atoms with Crippen molar-refractivity contribution in [2.45, 2.75) is 13.2 Å². The number of imidazole rings is 1. The van der Waals surface area contributed by atoms with Crippen LogP contribution in [0.25, 0.3) is 38.7 Å². The molecule has 1 saturated heterocycles. The van der Waals surface area contributed by atoms with Gasteiger partial charge in [-0.1, -0.05) is 23.3 Å². The largest absolute Gasteiger partial charge is 0.379 e. The number of nitrogens with one attached hydrogen (secondary N) is 1. The van der Waals surface area contributed by atoms with Gasteiger partial charge in [-0.3, -0.25) is 14.7 Å². The summed E-state index contributed by atoms with van der Waals surface area (Å²) in [5, 5.41) is 6.55. The van der Waals surface area contributed by atoms with Crippen LogP contribution in [-0.2, 0) is 22.7 Å². The maximum absolute atomic E-state index is 12.6. The molecule has 10 heteroatoms. The summed E-state index contributed by atoms with van der Waals surface area (Å²) < 4.78 is 7.19. The van der Waals surface area contributed by atoms with E-state index in [9.17, 15) is 4.79 Å². The van der Waals surface area contributed by atoms with Crippen LogP contribution in [0, 0.1) is 0 Å². The first-order valence-corrected chi connectivity index (χ1v) is 12.0. The number of nitrogens with zero attached hydrogens (tertiary/aromatic N) is 7. The summed E-state index contributed by atoms with van der Waals surface area (Å²) in [4.78, 5) is 26.4. The van der Waals surface area contributed by atoms with Gasteiger partial charge in [-0.05, 0) is 58.6 Å². The molecule has 0 bridgehead atoms. The van der Waals surface area contributed by atoms with Crippen LogP contribution in [-0.4, -0.2) is 51.6 Å². The number of azide groups is 1. The minimum Gasteiger partial charge on any atom is -0.379 e. The number of pyridine rings is 1. The van der Waals surface area contributed by atoms with E-state index in [4.69, 9.17) is 10.3 Å². The Morgan fingerprint density at radius 1 is 1.16 bits per heavy atom. The predicted octanol–water partition coefficient (Wildman–Crippen LogP) is 4.85. The van der Waals surface area contributed by atoms with Crippen LogP contribution in [0.1, 0.15) is 11.1 Å². The number of amides is 1. The van der Waals surface area contributed by atoms with E-state index >= 15 is 0 Å². The van der Waals surface area contributed by atoms with E-state index in [0.29, 0.717) is 0 Å². The van der Waals surface area contributed by atoms with Crippen LogP contribution in [0.4, 0.5) is 5.69 Å². The highest BCUT2D eigenvalue weighted by Gasteiger charge is 2.11. The van der Waals surface area contributed by atoms with Crippen LogP contribution in [0.3, 0.4) is 0 Å². The molecule has 2 aromatic carbocycles. The van der Waals surface area contributed by atoms with Gasteiger partial charge < -0.3 is 14.6 Å². The molecule has 4 aromatic rings. The van der Waals surface area contributed by atoms with Crippen LogP contribution in [0.2, 0.25) is 0 Å². The number of hydrogen-bond donors (Lipinski definition) is 1. The number of ether oxygens (including phenoxy) is 1. The van der Waals surface area contributed by atoms with E-state index in [1.54, 1.807) is 29.4 Å². The number of anilines is 1. The summed E-state index contributed by atoms with van der Waals surface area (Å²) in [5.74, 6) is -0.223. The number of carbonyl (C=O) groups excluding carboxylic acids is 1. The van der Waals surface area contributed by atoms with Gasteiger partial charge in [0.2, 0.25) is 5.91 Å². The third kappa shape index (κ3) is 6.02. The lowest BCUT2D eigenvalue weighted by Crippen LogP contribution is -2.35. The van der Waals surface area contributed by atoms with Gasteiger partial charge in [0.25, 0.3) is 0 Å². The Hall–Kier alpha value is -4.50. The highest BCUT2D eigenvalue weighted by Crippen LogP contribution is 2.27. The second-order valence-corrected chi connectivity index (χ2v) is 8.66. The quantitative estimate of drug-likeness (QED) is 0.162. The zero-order chi connectivity index (χ0) is 25.5. The van der Waals surface area contributed by atoms with Gasteiger partial charge >= 0.3 is 0 Å². The van der Waals surface area contributed by atoms with Crippen molar-refractivity contribution in [3.05, 3.63) is 94.9 Å². The van der Waals surface area contributed by atoms with Crippen LogP contribution in [0.5, 0.6) is 0 Å². The number of rotatable bonds is 8. The van der Waals surface area contributed by atoms with E-state index in [1.807, 2.05) is 48.5 Å². The molecular weight excluding hydrogens is 468 g/mol. The normalized spacial score (nSPS) is 14.1. The third-order valence-corrected chi connectivity index (χ3v) is 6.21. The average molecular weight is 495 g/mol. The number of benzene rings is 2. The predicted molar refractivity (Wildman–Crippen MR) is 142 cm³/mol. The molecule has 37 heavy (non-hydrogen) atoms. The van der Waals surface area contributed by atoms with Gasteiger partial charge in [-0.15, -0.1) is 0 Å². The minimum absolute atomic E-state index is 0.161. The Labute approximate surface area is 213 Å². The van der Waals surface area contributed by atoms with Crippen molar-refractivity contribution < 1.29 is 9.53 Å². The summed E-state index contributed by atoms with van der Waals surface area (Å²) in [5.41, 5.74) is 14.9. The molecule has 186 valence electrons. The van der Waals surface area contributed by atoms with Crippen LogP contribution < -0.4 is 5.32 Å². The van der Waals surface area contributed by atoms with Gasteiger partial charge in [-0.25, -0.2) is 4.98 Å². The van der Waals surface area contributed by atoms with E-state index < -0.39 is 0 Å². The zero-order valence-electron chi connectivity index (χ0n) is 20.2. The third-order valence-electron chi connectivity index (χ3n) is 6.21. The Balaban J connectivity index is 1.28. The van der Waals surface area contributed by atoms with E-state index in [-0.39, 0.29) is 12.6 Å². The lowest BCUT2D eigenvalue weighted by molar-refractivity contribution is -0.111. The smallest absolute Gasteiger partial charge is 0.248 e. The van der Waals surface area contributed by atoms with Gasteiger partial charge in [0.1, 0.15) is 6.67 Å². The molecule has 2 aromatic heterocycles. The first-order valence-electron chi connectivity index (χ1n) is 12.0. The number of fused-ring (bicyclic) bond motifs is 1. The maximum atomic E-state index is 12.6. The highest BCUT2D eigenvalue weighted by atomic mass is 16.5. The van der Waals surface area contributed by atoms with Gasteiger partial charge in [0, 0.05) is 54.3 Å².